The summed E-state index contributed by atoms with van der Waals surface area (Å²) in [6.45, 7) is 4.36. The quantitative estimate of drug-likeness (QED) is 0.833. The van der Waals surface area contributed by atoms with Crippen molar-refractivity contribution >= 4 is 17.4 Å². The Kier molecular flexibility index (Phi) is 4.10. The smallest absolute Gasteiger partial charge is 0.137 e. The van der Waals surface area contributed by atoms with Gasteiger partial charge in [0.15, 0.2) is 0 Å². The maximum absolute atomic E-state index is 9.90. The van der Waals surface area contributed by atoms with Crippen LogP contribution >= 0.6 is 11.6 Å². The van der Waals surface area contributed by atoms with Crippen molar-refractivity contribution in [2.45, 2.75) is 63.8 Å². The predicted octanol–water partition coefficient (Wildman–Crippen LogP) is 3.67. The number of aromatic nitrogens is 2. The number of nitrogens with one attached hydrogen (secondary N) is 1. The van der Waals surface area contributed by atoms with Crippen LogP contribution in [0.25, 0.3) is 0 Å². The zero-order valence-electron chi connectivity index (χ0n) is 12.8. The van der Waals surface area contributed by atoms with Crippen molar-refractivity contribution in [1.82, 2.24) is 9.97 Å². The zero-order valence-corrected chi connectivity index (χ0v) is 13.6. The molecule has 0 spiro atoms. The summed E-state index contributed by atoms with van der Waals surface area (Å²) < 4.78 is 0. The Morgan fingerprint density at radius 1 is 1.24 bits per heavy atom. The van der Waals surface area contributed by atoms with E-state index in [-0.39, 0.29) is 12.1 Å². The Hall–Kier alpha value is -0.870. The first-order valence-electron chi connectivity index (χ1n) is 7.96. The summed E-state index contributed by atoms with van der Waals surface area (Å²) >= 11 is 6.27. The minimum Gasteiger partial charge on any atom is -0.394 e. The molecule has 2 aliphatic carbocycles. The molecular formula is C16H24ClN3O. The van der Waals surface area contributed by atoms with Crippen molar-refractivity contribution in [2.75, 3.05) is 11.9 Å². The number of aliphatic hydroxyl groups excluding tert-OH is 1. The van der Waals surface area contributed by atoms with Crippen LogP contribution in [0, 0.1) is 12.8 Å². The van der Waals surface area contributed by atoms with E-state index >= 15 is 0 Å². The van der Waals surface area contributed by atoms with Crippen molar-refractivity contribution in [1.29, 1.82) is 0 Å². The van der Waals surface area contributed by atoms with Gasteiger partial charge in [0.2, 0.25) is 0 Å². The molecule has 0 radical (unpaired) electrons. The molecule has 21 heavy (non-hydrogen) atoms. The summed E-state index contributed by atoms with van der Waals surface area (Å²) in [6, 6.07) is 0. The molecule has 2 N–H and O–H groups in total. The second-order valence-electron chi connectivity index (χ2n) is 6.87. The third kappa shape index (κ3) is 3.16. The molecular weight excluding hydrogens is 286 g/mol. The van der Waals surface area contributed by atoms with Gasteiger partial charge >= 0.3 is 0 Å². The Bertz CT molecular complexity index is 522. The van der Waals surface area contributed by atoms with Crippen LogP contribution < -0.4 is 5.32 Å². The average molecular weight is 310 g/mol. The monoisotopic (exact) mass is 309 g/mol. The van der Waals surface area contributed by atoms with E-state index in [2.05, 4.69) is 22.2 Å². The van der Waals surface area contributed by atoms with Crippen molar-refractivity contribution in [3.63, 3.8) is 0 Å². The normalized spacial score (nSPS) is 29.4. The number of anilines is 1. The number of rotatable bonds is 4. The van der Waals surface area contributed by atoms with Gasteiger partial charge in [-0.25, -0.2) is 9.97 Å². The molecule has 2 aliphatic rings. The maximum atomic E-state index is 9.90. The fourth-order valence-electron chi connectivity index (χ4n) is 3.04. The Morgan fingerprint density at radius 2 is 1.90 bits per heavy atom. The fourth-order valence-corrected chi connectivity index (χ4v) is 3.22. The van der Waals surface area contributed by atoms with Crippen molar-refractivity contribution in [3.05, 3.63) is 16.5 Å². The van der Waals surface area contributed by atoms with Crippen molar-refractivity contribution in [2.24, 2.45) is 5.92 Å². The predicted molar refractivity (Wildman–Crippen MR) is 84.8 cm³/mol. The molecule has 0 unspecified atom stereocenters. The van der Waals surface area contributed by atoms with Crippen LogP contribution in [-0.4, -0.2) is 27.2 Å². The van der Waals surface area contributed by atoms with E-state index in [0.717, 1.165) is 61.6 Å². The lowest BCUT2D eigenvalue weighted by atomic mass is 9.77. The average Bonchev–Trinajstić information content (AvgIpc) is 3.31. The number of halogens is 1. The molecule has 0 amide bonds. The van der Waals surface area contributed by atoms with Gasteiger partial charge in [-0.1, -0.05) is 18.5 Å². The van der Waals surface area contributed by atoms with E-state index in [4.69, 9.17) is 11.6 Å². The van der Waals surface area contributed by atoms with Crippen LogP contribution in [0.1, 0.15) is 62.8 Å². The van der Waals surface area contributed by atoms with Crippen molar-refractivity contribution < 1.29 is 5.11 Å². The van der Waals surface area contributed by atoms with Crippen LogP contribution in [0.5, 0.6) is 0 Å². The molecule has 1 aromatic rings. The molecule has 5 heteroatoms. The lowest BCUT2D eigenvalue weighted by Gasteiger charge is -2.39. The first kappa shape index (κ1) is 15.0. The lowest BCUT2D eigenvalue weighted by molar-refractivity contribution is 0.155. The van der Waals surface area contributed by atoms with E-state index in [0.29, 0.717) is 11.1 Å². The molecule has 0 aromatic carbocycles. The number of aliphatic hydroxyl groups is 1. The SMILES string of the molecule is Cc1c(Cl)nc(C2CC2)nc1NC1(CO)CCC(C)CC1. The van der Waals surface area contributed by atoms with Gasteiger partial charge in [0.1, 0.15) is 16.8 Å². The van der Waals surface area contributed by atoms with Gasteiger partial charge in [-0.15, -0.1) is 0 Å². The molecule has 4 nitrogen and oxygen atoms in total. The summed E-state index contributed by atoms with van der Waals surface area (Å²) in [5.74, 6) is 2.87. The van der Waals surface area contributed by atoms with Crippen LogP contribution in [0.2, 0.25) is 5.15 Å². The van der Waals surface area contributed by atoms with Gasteiger partial charge in [0.05, 0.1) is 12.1 Å². The zero-order chi connectivity index (χ0) is 15.0. The Balaban J connectivity index is 1.85. The first-order valence-corrected chi connectivity index (χ1v) is 8.34. The molecule has 116 valence electrons. The van der Waals surface area contributed by atoms with Crippen LogP contribution in [0.15, 0.2) is 0 Å². The van der Waals surface area contributed by atoms with E-state index < -0.39 is 0 Å². The minimum absolute atomic E-state index is 0.138. The highest BCUT2D eigenvalue weighted by Crippen LogP contribution is 2.40. The third-order valence-corrected chi connectivity index (χ3v) is 5.33. The molecule has 2 saturated carbocycles. The second-order valence-corrected chi connectivity index (χ2v) is 7.22. The largest absolute Gasteiger partial charge is 0.394 e. The standard InChI is InChI=1S/C16H24ClN3O/c1-10-5-7-16(9-21,8-6-10)20-14-11(2)13(17)18-15(19-14)12-3-4-12/h10,12,21H,3-9H2,1-2H3,(H,18,19,20). The summed E-state index contributed by atoms with van der Waals surface area (Å²) in [7, 11) is 0. The van der Waals surface area contributed by atoms with Gasteiger partial charge in [0.25, 0.3) is 0 Å². The number of hydrogen-bond acceptors (Lipinski definition) is 4. The summed E-state index contributed by atoms with van der Waals surface area (Å²) in [5.41, 5.74) is 0.628. The summed E-state index contributed by atoms with van der Waals surface area (Å²) in [5, 5.41) is 13.9. The van der Waals surface area contributed by atoms with Gasteiger partial charge < -0.3 is 10.4 Å². The molecule has 0 atom stereocenters. The number of nitrogens with zero attached hydrogens (tertiary/aromatic N) is 2. The Morgan fingerprint density at radius 3 is 2.48 bits per heavy atom. The Labute approximate surface area is 131 Å². The lowest BCUT2D eigenvalue weighted by Crippen LogP contribution is -2.45. The van der Waals surface area contributed by atoms with E-state index in [9.17, 15) is 5.11 Å². The number of hydrogen-bond donors (Lipinski definition) is 2. The molecule has 2 fully saturated rings. The van der Waals surface area contributed by atoms with Gasteiger partial charge in [0, 0.05) is 11.5 Å². The molecule has 0 aliphatic heterocycles. The van der Waals surface area contributed by atoms with Gasteiger partial charge in [-0.05, 0) is 51.4 Å². The summed E-state index contributed by atoms with van der Waals surface area (Å²) in [4.78, 5) is 9.08. The molecule has 3 rings (SSSR count). The highest BCUT2D eigenvalue weighted by molar-refractivity contribution is 6.30. The molecule has 1 aromatic heterocycles. The topological polar surface area (TPSA) is 58.0 Å². The van der Waals surface area contributed by atoms with Crippen LogP contribution in [0.4, 0.5) is 5.82 Å². The van der Waals surface area contributed by atoms with Crippen molar-refractivity contribution in [3.8, 4) is 0 Å². The van der Waals surface area contributed by atoms with E-state index in [1.54, 1.807) is 0 Å². The molecule has 1 heterocycles. The third-order valence-electron chi connectivity index (χ3n) is 4.96. The minimum atomic E-state index is -0.254. The molecule has 0 bridgehead atoms. The van der Waals surface area contributed by atoms with E-state index in [1.165, 1.54) is 0 Å². The van der Waals surface area contributed by atoms with Crippen LogP contribution in [-0.2, 0) is 0 Å². The van der Waals surface area contributed by atoms with Crippen LogP contribution in [0.3, 0.4) is 0 Å². The highest BCUT2D eigenvalue weighted by Gasteiger charge is 2.35. The fraction of sp³-hybridized carbons (Fsp3) is 0.750. The second kappa shape index (κ2) is 5.73. The highest BCUT2D eigenvalue weighted by atomic mass is 35.5. The summed E-state index contributed by atoms with van der Waals surface area (Å²) in [6.07, 6.45) is 6.54. The molecule has 0 saturated heterocycles. The van der Waals surface area contributed by atoms with Gasteiger partial charge in [-0.2, -0.15) is 0 Å². The van der Waals surface area contributed by atoms with Gasteiger partial charge in [-0.3, -0.25) is 0 Å². The maximum Gasteiger partial charge on any atom is 0.137 e. The van der Waals surface area contributed by atoms with E-state index in [1.807, 2.05) is 6.92 Å². The first-order chi connectivity index (χ1) is 10.0.